The van der Waals surface area contributed by atoms with Crippen molar-refractivity contribution >= 4 is 52.9 Å². The number of aromatic nitrogens is 1. The Morgan fingerprint density at radius 3 is 2.88 bits per heavy atom. The lowest BCUT2D eigenvalue weighted by atomic mass is 10.3. The minimum absolute atomic E-state index is 0.550. The maximum Gasteiger partial charge on any atom is 0.183 e. The summed E-state index contributed by atoms with van der Waals surface area (Å²) in [6.07, 6.45) is 1.75. The van der Waals surface area contributed by atoms with Gasteiger partial charge in [-0.15, -0.1) is 24.0 Å². The van der Waals surface area contributed by atoms with E-state index in [0.29, 0.717) is 16.0 Å². The van der Waals surface area contributed by atoms with Crippen molar-refractivity contribution in [3.63, 3.8) is 0 Å². The van der Waals surface area contributed by atoms with E-state index in [2.05, 4.69) is 22.9 Å². The molecule has 0 spiro atoms. The molecule has 0 amide bonds. The van der Waals surface area contributed by atoms with Gasteiger partial charge >= 0.3 is 0 Å². The van der Waals surface area contributed by atoms with Gasteiger partial charge in [-0.3, -0.25) is 0 Å². The molecule has 2 nitrogen and oxygen atoms in total. The summed E-state index contributed by atoms with van der Waals surface area (Å²) in [6, 6.07) is 5.50. The SMILES string of the molecule is Sc1ccc(Cl)cc1NCc1cnc(Cl)s1. The van der Waals surface area contributed by atoms with Gasteiger partial charge in [0.15, 0.2) is 4.47 Å². The Balaban J connectivity index is 2.07. The summed E-state index contributed by atoms with van der Waals surface area (Å²) in [4.78, 5) is 5.90. The van der Waals surface area contributed by atoms with Gasteiger partial charge in [-0.05, 0) is 18.2 Å². The highest BCUT2D eigenvalue weighted by Crippen LogP contribution is 2.25. The molecule has 2 rings (SSSR count). The zero-order valence-electron chi connectivity index (χ0n) is 8.08. The summed E-state index contributed by atoms with van der Waals surface area (Å²) < 4.78 is 0.550. The second-order valence-electron chi connectivity index (χ2n) is 3.09. The van der Waals surface area contributed by atoms with E-state index in [1.165, 1.54) is 11.3 Å². The largest absolute Gasteiger partial charge is 0.379 e. The highest BCUT2D eigenvalue weighted by Gasteiger charge is 2.02. The predicted molar refractivity (Wildman–Crippen MR) is 73.2 cm³/mol. The third-order valence-electron chi connectivity index (χ3n) is 1.94. The van der Waals surface area contributed by atoms with Crippen LogP contribution in [0.2, 0.25) is 9.49 Å². The smallest absolute Gasteiger partial charge is 0.183 e. The molecule has 84 valence electrons. The minimum atomic E-state index is 0.550. The van der Waals surface area contributed by atoms with Crippen LogP contribution < -0.4 is 5.32 Å². The Bertz CT molecular complexity index is 499. The summed E-state index contributed by atoms with van der Waals surface area (Å²) in [5.74, 6) is 0. The van der Waals surface area contributed by atoms with Crippen LogP contribution in [0.4, 0.5) is 5.69 Å². The molecular weight excluding hydrogens is 283 g/mol. The Hall–Kier alpha value is -0.420. The molecule has 1 aromatic heterocycles. The Kier molecular flexibility index (Phi) is 3.97. The van der Waals surface area contributed by atoms with Gasteiger partial charge in [-0.2, -0.15) is 0 Å². The van der Waals surface area contributed by atoms with Gasteiger partial charge in [-0.1, -0.05) is 23.2 Å². The third-order valence-corrected chi connectivity index (χ3v) is 3.68. The van der Waals surface area contributed by atoms with Crippen molar-refractivity contribution in [1.82, 2.24) is 4.98 Å². The molecule has 6 heteroatoms. The van der Waals surface area contributed by atoms with Gasteiger partial charge in [0.1, 0.15) is 0 Å². The van der Waals surface area contributed by atoms with Crippen molar-refractivity contribution < 1.29 is 0 Å². The van der Waals surface area contributed by atoms with E-state index in [9.17, 15) is 0 Å². The average molecular weight is 291 g/mol. The lowest BCUT2D eigenvalue weighted by Crippen LogP contribution is -1.98. The van der Waals surface area contributed by atoms with Crippen molar-refractivity contribution in [1.29, 1.82) is 0 Å². The summed E-state index contributed by atoms with van der Waals surface area (Å²) in [6.45, 7) is 0.665. The molecule has 2 aromatic rings. The number of nitrogens with zero attached hydrogens (tertiary/aromatic N) is 1. The van der Waals surface area contributed by atoms with E-state index in [0.717, 1.165) is 15.5 Å². The monoisotopic (exact) mass is 290 g/mol. The third kappa shape index (κ3) is 3.04. The second-order valence-corrected chi connectivity index (χ2v) is 5.71. The summed E-state index contributed by atoms with van der Waals surface area (Å²) in [7, 11) is 0. The molecule has 1 aromatic carbocycles. The molecule has 0 aliphatic carbocycles. The van der Waals surface area contributed by atoms with E-state index in [1.807, 2.05) is 12.1 Å². The van der Waals surface area contributed by atoms with Gasteiger partial charge in [0.25, 0.3) is 0 Å². The standard InChI is InChI=1S/C10H8Cl2N2S2/c11-6-1-2-9(15)8(3-6)13-4-7-5-14-10(12)16-7/h1-3,5,13,15H,4H2. The normalized spacial score (nSPS) is 10.4. The molecule has 0 aliphatic heterocycles. The molecule has 0 saturated heterocycles. The van der Waals surface area contributed by atoms with Crippen LogP contribution >= 0.6 is 47.2 Å². The summed E-state index contributed by atoms with van der Waals surface area (Å²) >= 11 is 17.4. The number of thiol groups is 1. The summed E-state index contributed by atoms with van der Waals surface area (Å²) in [5.41, 5.74) is 0.903. The highest BCUT2D eigenvalue weighted by atomic mass is 35.5. The zero-order chi connectivity index (χ0) is 11.5. The fourth-order valence-corrected chi connectivity index (χ4v) is 2.51. The Labute approximate surface area is 113 Å². The average Bonchev–Trinajstić information content (AvgIpc) is 2.66. The molecule has 0 atom stereocenters. The van der Waals surface area contributed by atoms with E-state index in [1.54, 1.807) is 12.3 Å². The number of rotatable bonds is 3. The van der Waals surface area contributed by atoms with Crippen LogP contribution in [0.1, 0.15) is 4.88 Å². The Morgan fingerprint density at radius 1 is 1.38 bits per heavy atom. The van der Waals surface area contributed by atoms with Crippen LogP contribution in [-0.2, 0) is 6.54 Å². The van der Waals surface area contributed by atoms with Gasteiger partial charge in [0, 0.05) is 26.7 Å². The van der Waals surface area contributed by atoms with Crippen molar-refractivity contribution in [3.8, 4) is 0 Å². The van der Waals surface area contributed by atoms with Crippen molar-refractivity contribution in [2.24, 2.45) is 0 Å². The molecule has 1 N–H and O–H groups in total. The first-order chi connectivity index (χ1) is 7.65. The van der Waals surface area contributed by atoms with Crippen LogP contribution in [0, 0.1) is 0 Å². The molecular formula is C10H8Cl2N2S2. The number of anilines is 1. The van der Waals surface area contributed by atoms with E-state index < -0.39 is 0 Å². The van der Waals surface area contributed by atoms with Gasteiger partial charge in [-0.25, -0.2) is 4.98 Å². The Morgan fingerprint density at radius 2 is 2.19 bits per heavy atom. The quantitative estimate of drug-likeness (QED) is 0.822. The lowest BCUT2D eigenvalue weighted by Gasteiger charge is -2.07. The molecule has 0 saturated carbocycles. The number of hydrogen-bond donors (Lipinski definition) is 2. The van der Waals surface area contributed by atoms with Crippen LogP contribution in [-0.4, -0.2) is 4.98 Å². The van der Waals surface area contributed by atoms with Crippen LogP contribution in [0.3, 0.4) is 0 Å². The number of benzene rings is 1. The van der Waals surface area contributed by atoms with E-state index in [-0.39, 0.29) is 0 Å². The zero-order valence-corrected chi connectivity index (χ0v) is 11.3. The maximum absolute atomic E-state index is 5.90. The van der Waals surface area contributed by atoms with Crippen molar-refractivity contribution in [2.75, 3.05) is 5.32 Å². The number of halogens is 2. The number of hydrogen-bond acceptors (Lipinski definition) is 4. The molecule has 0 radical (unpaired) electrons. The molecule has 16 heavy (non-hydrogen) atoms. The predicted octanol–water partition coefficient (Wildman–Crippen LogP) is 4.35. The maximum atomic E-state index is 5.90. The molecule has 0 fully saturated rings. The molecule has 0 aliphatic rings. The number of thiazole rings is 1. The first-order valence-electron chi connectivity index (χ1n) is 4.48. The fraction of sp³-hybridized carbons (Fsp3) is 0.100. The van der Waals surface area contributed by atoms with Gasteiger partial charge in [0.2, 0.25) is 0 Å². The molecule has 0 bridgehead atoms. The lowest BCUT2D eigenvalue weighted by molar-refractivity contribution is 1.16. The summed E-state index contributed by atoms with van der Waals surface area (Å²) in [5, 5.41) is 3.92. The van der Waals surface area contributed by atoms with Crippen LogP contribution in [0.5, 0.6) is 0 Å². The molecule has 0 unspecified atom stereocenters. The van der Waals surface area contributed by atoms with Crippen molar-refractivity contribution in [2.45, 2.75) is 11.4 Å². The van der Waals surface area contributed by atoms with E-state index >= 15 is 0 Å². The second kappa shape index (κ2) is 5.27. The minimum Gasteiger partial charge on any atom is -0.379 e. The van der Waals surface area contributed by atoms with Crippen LogP contribution in [0.25, 0.3) is 0 Å². The van der Waals surface area contributed by atoms with Gasteiger partial charge < -0.3 is 5.32 Å². The highest BCUT2D eigenvalue weighted by molar-refractivity contribution is 7.80. The fourth-order valence-electron chi connectivity index (χ4n) is 1.20. The van der Waals surface area contributed by atoms with Crippen molar-refractivity contribution in [3.05, 3.63) is 38.8 Å². The first-order valence-corrected chi connectivity index (χ1v) is 6.50. The van der Waals surface area contributed by atoms with Gasteiger partial charge in [0.05, 0.1) is 6.54 Å². The topological polar surface area (TPSA) is 24.9 Å². The van der Waals surface area contributed by atoms with E-state index in [4.69, 9.17) is 23.2 Å². The first kappa shape index (κ1) is 12.0. The molecule has 1 heterocycles. The van der Waals surface area contributed by atoms with Crippen LogP contribution in [0.15, 0.2) is 29.3 Å². The number of nitrogens with one attached hydrogen (secondary N) is 1.